The lowest BCUT2D eigenvalue weighted by Crippen LogP contribution is -2.36. The summed E-state index contributed by atoms with van der Waals surface area (Å²) in [4.78, 5) is 15.3. The van der Waals surface area contributed by atoms with Crippen LogP contribution in [0.3, 0.4) is 0 Å². The molecule has 0 bridgehead atoms. The van der Waals surface area contributed by atoms with Gasteiger partial charge < -0.3 is 20.3 Å². The molecule has 0 spiro atoms. The second-order valence-corrected chi connectivity index (χ2v) is 4.68. The zero-order chi connectivity index (χ0) is 13.3. The second kappa shape index (κ2) is 4.96. The summed E-state index contributed by atoms with van der Waals surface area (Å²) in [5, 5.41) is 0. The largest absolute Gasteiger partial charge is 0.482 e. The zero-order valence-electron chi connectivity index (χ0n) is 11.0. The van der Waals surface area contributed by atoms with Crippen LogP contribution in [-0.4, -0.2) is 45.1 Å². The molecule has 1 aliphatic heterocycles. The molecular weight excluding hydrogens is 230 g/mol. The fraction of sp³-hybridized carbons (Fsp3) is 0.462. The Labute approximate surface area is 107 Å². The minimum absolute atomic E-state index is 0.0335. The summed E-state index contributed by atoms with van der Waals surface area (Å²) < 4.78 is 5.40. The van der Waals surface area contributed by atoms with Crippen LogP contribution in [0.15, 0.2) is 18.2 Å². The van der Waals surface area contributed by atoms with Gasteiger partial charge in [0.15, 0.2) is 6.61 Å². The van der Waals surface area contributed by atoms with Crippen LogP contribution in [0, 0.1) is 0 Å². The van der Waals surface area contributed by atoms with Gasteiger partial charge in [-0.1, -0.05) is 6.07 Å². The highest BCUT2D eigenvalue weighted by molar-refractivity contribution is 5.97. The molecule has 1 atom stereocenters. The van der Waals surface area contributed by atoms with Gasteiger partial charge in [0.25, 0.3) is 5.91 Å². The molecule has 2 N–H and O–H groups in total. The molecule has 0 fully saturated rings. The number of rotatable bonds is 3. The number of likely N-dealkylation sites (N-methyl/N-ethyl adjacent to an activating group) is 2. The van der Waals surface area contributed by atoms with E-state index in [-0.39, 0.29) is 18.6 Å². The third-order valence-corrected chi connectivity index (χ3v) is 3.30. The van der Waals surface area contributed by atoms with Gasteiger partial charge in [-0.2, -0.15) is 0 Å². The number of carbonyl (C=O) groups is 1. The highest BCUT2D eigenvalue weighted by Gasteiger charge is 2.23. The topological polar surface area (TPSA) is 58.8 Å². The highest BCUT2D eigenvalue weighted by Crippen LogP contribution is 2.34. The molecule has 1 heterocycles. The average Bonchev–Trinajstić information content (AvgIpc) is 2.35. The predicted octanol–water partition coefficient (Wildman–Crippen LogP) is 0.603. The molecule has 1 amide bonds. The Morgan fingerprint density at radius 3 is 2.83 bits per heavy atom. The minimum Gasteiger partial charge on any atom is -0.482 e. The lowest BCUT2D eigenvalue weighted by atomic mass is 10.0. The van der Waals surface area contributed by atoms with Gasteiger partial charge in [-0.25, -0.2) is 0 Å². The second-order valence-electron chi connectivity index (χ2n) is 4.68. The number of amides is 1. The van der Waals surface area contributed by atoms with Crippen LogP contribution in [0.4, 0.5) is 5.69 Å². The van der Waals surface area contributed by atoms with E-state index in [0.717, 1.165) is 17.0 Å². The molecular formula is C13H19N3O2. The van der Waals surface area contributed by atoms with E-state index in [1.165, 1.54) is 0 Å². The molecule has 5 nitrogen and oxygen atoms in total. The molecule has 1 aromatic rings. The van der Waals surface area contributed by atoms with Crippen LogP contribution >= 0.6 is 0 Å². The number of carbonyl (C=O) groups excluding carboxylic acids is 1. The van der Waals surface area contributed by atoms with Crippen molar-refractivity contribution in [3.63, 3.8) is 0 Å². The van der Waals surface area contributed by atoms with Crippen molar-refractivity contribution in [2.45, 2.75) is 6.04 Å². The van der Waals surface area contributed by atoms with Crippen LogP contribution < -0.4 is 15.4 Å². The lowest BCUT2D eigenvalue weighted by molar-refractivity contribution is -0.120. The van der Waals surface area contributed by atoms with Crippen LogP contribution in [0.1, 0.15) is 11.6 Å². The standard InChI is InChI=1S/C13H19N3O2/c1-15(2)11(7-14)9-4-5-12-10(6-9)16(3)13(17)8-18-12/h4-6,11H,7-8,14H2,1-3H3. The third kappa shape index (κ3) is 2.19. The predicted molar refractivity (Wildman–Crippen MR) is 70.8 cm³/mol. The van der Waals surface area contributed by atoms with E-state index in [4.69, 9.17) is 10.5 Å². The van der Waals surface area contributed by atoms with Crippen molar-refractivity contribution >= 4 is 11.6 Å². The fourth-order valence-electron chi connectivity index (χ4n) is 2.14. The number of anilines is 1. The molecule has 0 saturated heterocycles. The number of fused-ring (bicyclic) bond motifs is 1. The van der Waals surface area contributed by atoms with E-state index in [9.17, 15) is 4.79 Å². The molecule has 18 heavy (non-hydrogen) atoms. The van der Waals surface area contributed by atoms with Gasteiger partial charge in [0, 0.05) is 19.6 Å². The number of hydrogen-bond donors (Lipinski definition) is 1. The molecule has 0 aromatic heterocycles. The first kappa shape index (κ1) is 12.9. The molecule has 98 valence electrons. The third-order valence-electron chi connectivity index (χ3n) is 3.30. The number of nitrogens with two attached hydrogens (primary N) is 1. The number of ether oxygens (including phenoxy) is 1. The van der Waals surface area contributed by atoms with E-state index in [2.05, 4.69) is 4.90 Å². The Bertz CT molecular complexity index is 460. The zero-order valence-corrected chi connectivity index (χ0v) is 11.0. The maximum absolute atomic E-state index is 11.6. The van der Waals surface area contributed by atoms with E-state index in [0.29, 0.717) is 6.54 Å². The number of nitrogens with zero attached hydrogens (tertiary/aromatic N) is 2. The van der Waals surface area contributed by atoms with Gasteiger partial charge in [0.1, 0.15) is 5.75 Å². The lowest BCUT2D eigenvalue weighted by Gasteiger charge is -2.29. The SMILES string of the molecule is CN1C(=O)COc2ccc(C(CN)N(C)C)cc21. The normalized spacial score (nSPS) is 16.5. The molecule has 1 aromatic carbocycles. The van der Waals surface area contributed by atoms with E-state index >= 15 is 0 Å². The molecule has 5 heteroatoms. The monoisotopic (exact) mass is 249 g/mol. The summed E-state index contributed by atoms with van der Waals surface area (Å²) >= 11 is 0. The summed E-state index contributed by atoms with van der Waals surface area (Å²) in [6.45, 7) is 0.640. The Kier molecular flexibility index (Phi) is 3.54. The summed E-state index contributed by atoms with van der Waals surface area (Å²) in [6.07, 6.45) is 0. The van der Waals surface area contributed by atoms with Crippen molar-refractivity contribution in [3.8, 4) is 5.75 Å². The van der Waals surface area contributed by atoms with Crippen molar-refractivity contribution in [2.75, 3.05) is 39.2 Å². The Morgan fingerprint density at radius 1 is 1.50 bits per heavy atom. The molecule has 0 radical (unpaired) electrons. The van der Waals surface area contributed by atoms with Gasteiger partial charge in [-0.05, 0) is 31.8 Å². The van der Waals surface area contributed by atoms with Crippen molar-refractivity contribution < 1.29 is 9.53 Å². The highest BCUT2D eigenvalue weighted by atomic mass is 16.5. The first-order chi connectivity index (χ1) is 8.54. The van der Waals surface area contributed by atoms with Gasteiger partial charge in [0.05, 0.1) is 5.69 Å². The summed E-state index contributed by atoms with van der Waals surface area (Å²) in [5.41, 5.74) is 7.69. The van der Waals surface area contributed by atoms with Gasteiger partial charge >= 0.3 is 0 Å². The maximum atomic E-state index is 11.6. The van der Waals surface area contributed by atoms with Gasteiger partial charge in [-0.15, -0.1) is 0 Å². The van der Waals surface area contributed by atoms with Crippen molar-refractivity contribution in [3.05, 3.63) is 23.8 Å². The number of hydrogen-bond acceptors (Lipinski definition) is 4. The van der Waals surface area contributed by atoms with Gasteiger partial charge in [0.2, 0.25) is 0 Å². The summed E-state index contributed by atoms with van der Waals surface area (Å²) in [7, 11) is 5.74. The van der Waals surface area contributed by atoms with E-state index in [1.54, 1.807) is 11.9 Å². The summed E-state index contributed by atoms with van der Waals surface area (Å²) in [6, 6.07) is 6.02. The quantitative estimate of drug-likeness (QED) is 0.852. The Morgan fingerprint density at radius 2 is 2.22 bits per heavy atom. The fourth-order valence-corrected chi connectivity index (χ4v) is 2.14. The van der Waals surface area contributed by atoms with E-state index in [1.807, 2.05) is 32.3 Å². The van der Waals surface area contributed by atoms with Crippen LogP contribution in [0.5, 0.6) is 5.75 Å². The summed E-state index contributed by atoms with van der Waals surface area (Å²) in [5.74, 6) is 0.712. The molecule has 1 unspecified atom stereocenters. The van der Waals surface area contributed by atoms with E-state index < -0.39 is 0 Å². The average molecular weight is 249 g/mol. The van der Waals surface area contributed by atoms with Crippen molar-refractivity contribution in [1.29, 1.82) is 0 Å². The van der Waals surface area contributed by atoms with Crippen LogP contribution in [0.2, 0.25) is 0 Å². The van der Waals surface area contributed by atoms with Crippen LogP contribution in [0.25, 0.3) is 0 Å². The maximum Gasteiger partial charge on any atom is 0.264 e. The molecule has 0 aliphatic carbocycles. The Balaban J connectivity index is 2.39. The first-order valence-corrected chi connectivity index (χ1v) is 5.94. The number of benzene rings is 1. The molecule has 2 rings (SSSR count). The van der Waals surface area contributed by atoms with Gasteiger partial charge in [-0.3, -0.25) is 4.79 Å². The van der Waals surface area contributed by atoms with Crippen molar-refractivity contribution in [2.24, 2.45) is 5.73 Å². The molecule has 1 aliphatic rings. The Hall–Kier alpha value is -1.59. The van der Waals surface area contributed by atoms with Crippen LogP contribution in [-0.2, 0) is 4.79 Å². The van der Waals surface area contributed by atoms with Crippen molar-refractivity contribution in [1.82, 2.24) is 4.90 Å². The molecule has 0 saturated carbocycles. The first-order valence-electron chi connectivity index (χ1n) is 5.94. The smallest absolute Gasteiger partial charge is 0.264 e. The minimum atomic E-state index is -0.0335.